The molecule has 0 bridgehead atoms. The molecule has 0 N–H and O–H groups in total. The van der Waals surface area contributed by atoms with E-state index in [-0.39, 0.29) is 0 Å². The van der Waals surface area contributed by atoms with E-state index in [9.17, 15) is 0 Å². The van der Waals surface area contributed by atoms with E-state index in [0.29, 0.717) is 0 Å². The molecule has 0 aliphatic rings. The van der Waals surface area contributed by atoms with Crippen LogP contribution in [-0.4, -0.2) is 0 Å². The molecule has 6 heteroatoms. The third-order valence-electron chi connectivity index (χ3n) is 2.96. The minimum Gasteiger partial charge on any atom is -0.141 e. The summed E-state index contributed by atoms with van der Waals surface area (Å²) >= 11 is 12.2. The fourth-order valence-electron chi connectivity index (χ4n) is 2.23. The molecule has 0 amide bonds. The zero-order valence-corrected chi connectivity index (χ0v) is 14.9. The predicted molar refractivity (Wildman–Crippen MR) is 98.6 cm³/mol. The summed E-state index contributed by atoms with van der Waals surface area (Å²) in [6.07, 6.45) is 0. The molecule has 0 radical (unpaired) electrons. The van der Waals surface area contributed by atoms with Crippen LogP contribution in [0.2, 0.25) is 0 Å². The number of thiophene rings is 5. The summed E-state index contributed by atoms with van der Waals surface area (Å²) in [6.45, 7) is 0. The normalized spacial score (nSPS) is 12.7. The molecule has 5 heterocycles. The molecule has 0 atom stereocenters. The summed E-state index contributed by atoms with van der Waals surface area (Å²) in [5.41, 5.74) is 0. The van der Waals surface area contributed by atoms with Crippen molar-refractivity contribution >= 4 is 117 Å². The van der Waals surface area contributed by atoms with Crippen LogP contribution in [0.5, 0.6) is 0 Å². The van der Waals surface area contributed by atoms with Crippen molar-refractivity contribution < 1.29 is 0 Å². The average Bonchev–Trinajstić information content (AvgIpc) is 3.01. The summed E-state index contributed by atoms with van der Waals surface area (Å²) in [5.74, 6) is 0. The molecule has 5 aromatic rings. The van der Waals surface area contributed by atoms with Gasteiger partial charge in [-0.1, -0.05) is 0 Å². The Morgan fingerprint density at radius 2 is 1.44 bits per heavy atom. The van der Waals surface area contributed by atoms with Crippen LogP contribution in [0.25, 0.3) is 37.6 Å². The van der Waals surface area contributed by atoms with Crippen LogP contribution in [0, 0.1) is 2.88 Å². The largest absolute Gasteiger partial charge is 0.141 e. The second-order valence-electron chi connectivity index (χ2n) is 3.98. The number of rotatable bonds is 0. The van der Waals surface area contributed by atoms with Gasteiger partial charge in [-0.25, -0.2) is 0 Å². The number of fused-ring (bicyclic) bond motifs is 7. The van der Waals surface area contributed by atoms with Gasteiger partial charge < -0.3 is 0 Å². The van der Waals surface area contributed by atoms with Crippen molar-refractivity contribution in [1.82, 2.24) is 0 Å². The minimum absolute atomic E-state index is 1.40. The van der Waals surface area contributed by atoms with E-state index in [1.807, 2.05) is 56.7 Å². The maximum Gasteiger partial charge on any atom is 0.0674 e. The molecule has 0 nitrogen and oxygen atoms in total. The van der Waals surface area contributed by atoms with Crippen molar-refractivity contribution in [3.8, 4) is 0 Å². The van der Waals surface area contributed by atoms with Crippen molar-refractivity contribution in [2.75, 3.05) is 0 Å². The molecule has 88 valence electrons. The maximum absolute atomic E-state index is 2.43. The molecule has 0 aromatic carbocycles. The van der Waals surface area contributed by atoms with Crippen LogP contribution in [-0.2, 0) is 0 Å². The molecule has 0 aliphatic carbocycles. The average molecular weight is 434 g/mol. The molecule has 0 aliphatic heterocycles. The van der Waals surface area contributed by atoms with Crippen LogP contribution < -0.4 is 0 Å². The highest BCUT2D eigenvalue weighted by atomic mass is 127. The van der Waals surface area contributed by atoms with Gasteiger partial charge in [-0.3, -0.25) is 0 Å². The van der Waals surface area contributed by atoms with Crippen molar-refractivity contribution in [2.45, 2.75) is 0 Å². The molecule has 0 spiro atoms. The Morgan fingerprint density at radius 3 is 2.33 bits per heavy atom. The Bertz CT molecular complexity index is 1030. The van der Waals surface area contributed by atoms with Crippen molar-refractivity contribution in [3.63, 3.8) is 0 Å². The van der Waals surface area contributed by atoms with Gasteiger partial charge >= 0.3 is 0 Å². The van der Waals surface area contributed by atoms with Gasteiger partial charge in [0, 0.05) is 9.40 Å². The Kier molecular flexibility index (Phi) is 2.24. The van der Waals surface area contributed by atoms with Gasteiger partial charge in [0.25, 0.3) is 0 Å². The summed E-state index contributed by atoms with van der Waals surface area (Å²) in [5, 5.41) is 2.21. The molecule has 5 rings (SSSR count). The second kappa shape index (κ2) is 3.67. The van der Waals surface area contributed by atoms with Crippen LogP contribution in [0.3, 0.4) is 0 Å². The number of hydrogen-bond donors (Lipinski definition) is 0. The lowest BCUT2D eigenvalue weighted by Crippen LogP contribution is -1.45. The van der Waals surface area contributed by atoms with E-state index < -0.39 is 0 Å². The van der Waals surface area contributed by atoms with E-state index in [1.165, 1.54) is 40.5 Å². The van der Waals surface area contributed by atoms with Crippen molar-refractivity contribution in [3.05, 3.63) is 20.4 Å². The SMILES string of the molecule is Ic1cc2sc3c(sc4c5sccc5sc43)c2s1. The summed E-state index contributed by atoms with van der Waals surface area (Å²) in [4.78, 5) is 0. The van der Waals surface area contributed by atoms with E-state index >= 15 is 0 Å². The first-order valence-electron chi connectivity index (χ1n) is 5.21. The van der Waals surface area contributed by atoms with Crippen LogP contribution in [0.15, 0.2) is 17.5 Å². The third kappa shape index (κ3) is 1.29. The highest BCUT2D eigenvalue weighted by molar-refractivity contribution is 14.1. The van der Waals surface area contributed by atoms with E-state index in [2.05, 4.69) is 40.1 Å². The van der Waals surface area contributed by atoms with Gasteiger partial charge in [-0.2, -0.15) is 0 Å². The van der Waals surface area contributed by atoms with E-state index in [1.54, 1.807) is 0 Å². The first-order valence-corrected chi connectivity index (χ1v) is 10.4. The fraction of sp³-hybridized carbons (Fsp3) is 0. The first-order chi connectivity index (χ1) is 8.81. The van der Waals surface area contributed by atoms with Gasteiger partial charge in [0.2, 0.25) is 0 Å². The minimum atomic E-state index is 1.40. The van der Waals surface area contributed by atoms with Gasteiger partial charge in [-0.05, 0) is 40.1 Å². The van der Waals surface area contributed by atoms with Gasteiger partial charge in [0.05, 0.1) is 31.1 Å². The van der Waals surface area contributed by atoms with Gasteiger partial charge in [0.15, 0.2) is 0 Å². The molecule has 0 saturated carbocycles. The molecular formula is C12H3IS5. The van der Waals surface area contributed by atoms with E-state index in [0.717, 1.165) is 0 Å². The summed E-state index contributed by atoms with van der Waals surface area (Å²) in [6, 6.07) is 4.57. The lowest BCUT2D eigenvalue weighted by molar-refractivity contribution is 2.12. The lowest BCUT2D eigenvalue weighted by atomic mass is 10.4. The molecule has 18 heavy (non-hydrogen) atoms. The molecular weight excluding hydrogens is 431 g/mol. The highest BCUT2D eigenvalue weighted by Gasteiger charge is 2.18. The van der Waals surface area contributed by atoms with Gasteiger partial charge in [0.1, 0.15) is 0 Å². The highest BCUT2D eigenvalue weighted by Crippen LogP contribution is 2.52. The molecule has 0 fully saturated rings. The van der Waals surface area contributed by atoms with Crippen LogP contribution >= 0.6 is 79.3 Å². The Labute approximate surface area is 136 Å². The topological polar surface area (TPSA) is 0 Å². The zero-order valence-electron chi connectivity index (χ0n) is 8.65. The first kappa shape index (κ1) is 11.0. The quantitative estimate of drug-likeness (QED) is 0.226. The lowest BCUT2D eigenvalue weighted by Gasteiger charge is -1.77. The monoisotopic (exact) mass is 434 g/mol. The van der Waals surface area contributed by atoms with Crippen LogP contribution in [0.4, 0.5) is 0 Å². The van der Waals surface area contributed by atoms with E-state index in [4.69, 9.17) is 0 Å². The number of halogens is 1. The predicted octanol–water partition coefficient (Wildman–Crippen LogP) is 7.21. The van der Waals surface area contributed by atoms with Gasteiger partial charge in [-0.15, -0.1) is 56.7 Å². The zero-order chi connectivity index (χ0) is 11.9. The Morgan fingerprint density at radius 1 is 0.722 bits per heavy atom. The maximum atomic E-state index is 2.43. The van der Waals surface area contributed by atoms with Crippen LogP contribution in [0.1, 0.15) is 0 Å². The fourth-order valence-corrected chi connectivity index (χ4v) is 10.1. The van der Waals surface area contributed by atoms with Crippen molar-refractivity contribution in [1.29, 1.82) is 0 Å². The summed E-state index contributed by atoms with van der Waals surface area (Å²) in [7, 11) is 0. The smallest absolute Gasteiger partial charge is 0.0674 e. The number of hydrogen-bond acceptors (Lipinski definition) is 5. The molecule has 0 unspecified atom stereocenters. The standard InChI is InChI=1S/C12H3IS5/c13-6-3-5-8(17-6)10-12(16-5)11-9(18-10)7-4(15-11)1-2-14-7/h1-3H. The second-order valence-corrected chi connectivity index (χ2v) is 11.0. The summed E-state index contributed by atoms with van der Waals surface area (Å²) < 4.78 is 13.4. The Balaban J connectivity index is 2.10. The third-order valence-corrected chi connectivity index (χ3v) is 10.3. The molecule has 5 aromatic heterocycles. The Hall–Kier alpha value is 0.270. The van der Waals surface area contributed by atoms with Crippen molar-refractivity contribution in [2.24, 2.45) is 0 Å². The molecule has 0 saturated heterocycles.